The van der Waals surface area contributed by atoms with Crippen molar-refractivity contribution < 1.29 is 13.9 Å². The second-order valence-electron chi connectivity index (χ2n) is 12.9. The van der Waals surface area contributed by atoms with Gasteiger partial charge in [0.15, 0.2) is 0 Å². The first-order valence-electron chi connectivity index (χ1n) is 17.0. The van der Waals surface area contributed by atoms with Crippen LogP contribution in [-0.4, -0.2) is 98.5 Å². The molecule has 3 heterocycles. The minimum absolute atomic E-state index is 0.0267. The third-order valence-electron chi connectivity index (χ3n) is 10.1. The summed E-state index contributed by atoms with van der Waals surface area (Å²) in [5.74, 6) is 0.201. The lowest BCUT2D eigenvalue weighted by atomic mass is 9.81. The summed E-state index contributed by atoms with van der Waals surface area (Å²) in [5.41, 5.74) is 12.5. The van der Waals surface area contributed by atoms with E-state index in [1.807, 2.05) is 0 Å². The Kier molecular flexibility index (Phi) is 15.5. The van der Waals surface area contributed by atoms with E-state index in [-0.39, 0.29) is 29.9 Å². The van der Waals surface area contributed by atoms with Crippen molar-refractivity contribution in [2.45, 2.75) is 116 Å². The number of piperazine rings is 1. The molecule has 5 unspecified atom stereocenters. The fourth-order valence-electron chi connectivity index (χ4n) is 7.41. The summed E-state index contributed by atoms with van der Waals surface area (Å²) < 4.78 is 20.5. The number of nitrogens with one attached hydrogen (secondary N) is 3. The molecule has 0 saturated carbocycles. The summed E-state index contributed by atoms with van der Waals surface area (Å²) in [6.45, 7) is 16.1. The zero-order chi connectivity index (χ0) is 30.5. The number of halogens is 1. The van der Waals surface area contributed by atoms with Crippen LogP contribution in [0.25, 0.3) is 0 Å². The van der Waals surface area contributed by atoms with Gasteiger partial charge >= 0.3 is 0 Å². The van der Waals surface area contributed by atoms with Crippen LogP contribution < -0.4 is 27.4 Å². The van der Waals surface area contributed by atoms with Crippen molar-refractivity contribution in [3.8, 4) is 0 Å². The van der Waals surface area contributed by atoms with Gasteiger partial charge in [0.2, 0.25) is 5.91 Å². The summed E-state index contributed by atoms with van der Waals surface area (Å²) >= 11 is 0. The number of rotatable bonds is 18. The molecule has 0 spiro atoms. The zero-order valence-electron chi connectivity index (χ0n) is 27.0. The van der Waals surface area contributed by atoms with Crippen LogP contribution in [0.4, 0.5) is 4.39 Å². The number of nitrogens with zero attached hydrogens (tertiary/aromatic N) is 2. The van der Waals surface area contributed by atoms with Crippen LogP contribution in [0.15, 0.2) is 12.0 Å². The number of piperidine rings is 1. The van der Waals surface area contributed by atoms with E-state index in [4.69, 9.17) is 16.2 Å². The SMILES string of the molecule is CCCC(CC/C(F)=C\NC(CCC)C(C(=O)NC1CNCCC1N1CCN(C2COC2)CC1)C(N)N)C(CC)CC. The molecule has 7 N–H and O–H groups in total. The molecule has 0 radical (unpaired) electrons. The quantitative estimate of drug-likeness (QED) is 0.154. The molecule has 0 aromatic rings. The maximum atomic E-state index is 15.1. The van der Waals surface area contributed by atoms with Crippen LogP contribution in [-0.2, 0) is 9.53 Å². The van der Waals surface area contributed by atoms with Gasteiger partial charge in [0, 0.05) is 57.4 Å². The van der Waals surface area contributed by atoms with Crippen LogP contribution in [0.5, 0.6) is 0 Å². The lowest BCUT2D eigenvalue weighted by Gasteiger charge is -2.47. The summed E-state index contributed by atoms with van der Waals surface area (Å²) in [5, 5.41) is 10.0. The molecule has 0 bridgehead atoms. The number of carbonyl (C=O) groups excluding carboxylic acids is 1. The fraction of sp³-hybridized carbons (Fsp3) is 0.906. The summed E-state index contributed by atoms with van der Waals surface area (Å²) in [7, 11) is 0. The molecule has 42 heavy (non-hydrogen) atoms. The van der Waals surface area contributed by atoms with Gasteiger partial charge in [-0.15, -0.1) is 0 Å². The lowest BCUT2D eigenvalue weighted by Crippen LogP contribution is -2.66. The molecule has 3 aliphatic rings. The van der Waals surface area contributed by atoms with Gasteiger partial charge in [-0.1, -0.05) is 59.8 Å². The molecule has 3 saturated heterocycles. The molecule has 0 aliphatic carbocycles. The molecule has 244 valence electrons. The average Bonchev–Trinajstić information content (AvgIpc) is 2.95. The smallest absolute Gasteiger partial charge is 0.228 e. The minimum Gasteiger partial charge on any atom is -0.385 e. The highest BCUT2D eigenvalue weighted by Gasteiger charge is 2.38. The molecule has 3 rings (SSSR count). The number of amides is 1. The zero-order valence-corrected chi connectivity index (χ0v) is 27.0. The topological polar surface area (TPSA) is 121 Å². The van der Waals surface area contributed by atoms with E-state index in [0.29, 0.717) is 30.7 Å². The van der Waals surface area contributed by atoms with E-state index in [9.17, 15) is 4.79 Å². The third-order valence-corrected chi connectivity index (χ3v) is 10.1. The Morgan fingerprint density at radius 1 is 1.00 bits per heavy atom. The van der Waals surface area contributed by atoms with Crippen molar-refractivity contribution >= 4 is 5.91 Å². The highest BCUT2D eigenvalue weighted by Crippen LogP contribution is 2.30. The maximum Gasteiger partial charge on any atom is 0.228 e. The van der Waals surface area contributed by atoms with Crippen molar-refractivity contribution in [3.63, 3.8) is 0 Å². The largest absolute Gasteiger partial charge is 0.385 e. The first-order chi connectivity index (χ1) is 20.3. The Hall–Kier alpha value is -1.30. The monoisotopic (exact) mass is 595 g/mol. The molecule has 0 aromatic carbocycles. The van der Waals surface area contributed by atoms with E-state index in [2.05, 4.69) is 53.4 Å². The first-order valence-corrected chi connectivity index (χ1v) is 17.0. The third kappa shape index (κ3) is 10.1. The minimum atomic E-state index is -0.849. The number of hydrogen-bond acceptors (Lipinski definition) is 8. The van der Waals surface area contributed by atoms with Crippen molar-refractivity contribution in [1.82, 2.24) is 25.8 Å². The second-order valence-corrected chi connectivity index (χ2v) is 12.9. The standard InChI is InChI=1S/C32H62FN7O2/c1-5-9-24(23(7-3)8-4)11-12-25(33)19-37-27(10-6-2)30(31(34)35)32(41)38-28-20-36-14-13-29(28)40-17-15-39(16-18-40)26-21-42-22-26/h19,23-24,26-31,36-37H,5-18,20-22,34-35H2,1-4H3,(H,38,41)/b25-19+. The van der Waals surface area contributed by atoms with E-state index in [1.54, 1.807) is 0 Å². The maximum absolute atomic E-state index is 15.1. The molecule has 1 amide bonds. The van der Waals surface area contributed by atoms with E-state index >= 15 is 4.39 Å². The Morgan fingerprint density at radius 2 is 1.67 bits per heavy atom. The summed E-state index contributed by atoms with van der Waals surface area (Å²) in [6.07, 6.45) is 8.91. The Labute approximate surface area is 255 Å². The van der Waals surface area contributed by atoms with Gasteiger partial charge in [-0.05, 0) is 37.6 Å². The van der Waals surface area contributed by atoms with Crippen LogP contribution in [0.1, 0.15) is 85.5 Å². The van der Waals surface area contributed by atoms with Crippen LogP contribution >= 0.6 is 0 Å². The molecule has 3 aliphatic heterocycles. The van der Waals surface area contributed by atoms with Crippen LogP contribution in [0.3, 0.4) is 0 Å². The van der Waals surface area contributed by atoms with Gasteiger partial charge in [0.25, 0.3) is 0 Å². The number of allylic oxidation sites excluding steroid dienone is 1. The molecular weight excluding hydrogens is 533 g/mol. The molecule has 5 atom stereocenters. The van der Waals surface area contributed by atoms with Gasteiger partial charge < -0.3 is 32.2 Å². The number of nitrogens with two attached hydrogens (primary N) is 2. The number of carbonyl (C=O) groups is 1. The predicted molar refractivity (Wildman–Crippen MR) is 169 cm³/mol. The second kappa shape index (κ2) is 18.5. The van der Waals surface area contributed by atoms with E-state index in [0.717, 1.165) is 97.4 Å². The van der Waals surface area contributed by atoms with Crippen molar-refractivity contribution in [1.29, 1.82) is 0 Å². The van der Waals surface area contributed by atoms with E-state index < -0.39 is 12.1 Å². The molecular formula is C32H62FN7O2. The van der Waals surface area contributed by atoms with Gasteiger partial charge in [-0.2, -0.15) is 0 Å². The van der Waals surface area contributed by atoms with Crippen LogP contribution in [0, 0.1) is 17.8 Å². The Morgan fingerprint density at radius 3 is 2.24 bits per heavy atom. The molecule has 0 aromatic heterocycles. The molecule has 9 nitrogen and oxygen atoms in total. The van der Waals surface area contributed by atoms with Crippen molar-refractivity contribution in [2.75, 3.05) is 52.5 Å². The first kappa shape index (κ1) is 35.2. The van der Waals surface area contributed by atoms with Gasteiger partial charge in [-0.3, -0.25) is 14.6 Å². The van der Waals surface area contributed by atoms with Crippen molar-refractivity contribution in [2.24, 2.45) is 29.2 Å². The Bertz CT molecular complexity index is 800. The lowest BCUT2D eigenvalue weighted by molar-refractivity contribution is -0.128. The molecule has 3 fully saturated rings. The van der Waals surface area contributed by atoms with Gasteiger partial charge in [-0.25, -0.2) is 4.39 Å². The number of ether oxygens (including phenoxy) is 1. The van der Waals surface area contributed by atoms with Gasteiger partial charge in [0.1, 0.15) is 5.83 Å². The predicted octanol–water partition coefficient (Wildman–Crippen LogP) is 2.91. The summed E-state index contributed by atoms with van der Waals surface area (Å²) in [6, 6.07) is 0.466. The van der Waals surface area contributed by atoms with Crippen LogP contribution in [0.2, 0.25) is 0 Å². The van der Waals surface area contributed by atoms with Gasteiger partial charge in [0.05, 0.1) is 37.4 Å². The highest BCUT2D eigenvalue weighted by molar-refractivity contribution is 5.80. The highest BCUT2D eigenvalue weighted by atomic mass is 19.1. The average molecular weight is 596 g/mol. The fourth-order valence-corrected chi connectivity index (χ4v) is 7.41. The van der Waals surface area contributed by atoms with E-state index in [1.165, 1.54) is 6.20 Å². The van der Waals surface area contributed by atoms with Crippen molar-refractivity contribution in [3.05, 3.63) is 12.0 Å². The summed E-state index contributed by atoms with van der Waals surface area (Å²) in [4.78, 5) is 18.8. The Balaban J connectivity index is 1.60. The normalized spacial score (nSPS) is 25.3. The number of hydrogen-bond donors (Lipinski definition) is 5. The molecule has 10 heteroatoms.